The molecule has 0 saturated heterocycles. The van der Waals surface area contributed by atoms with Crippen LogP contribution in [0, 0.1) is 0 Å². The van der Waals surface area contributed by atoms with Crippen molar-refractivity contribution < 1.29 is 13.2 Å². The number of fused-ring (bicyclic) bond motifs is 1. The van der Waals surface area contributed by atoms with E-state index in [1.54, 1.807) is 24.3 Å². The van der Waals surface area contributed by atoms with Crippen LogP contribution in [0.4, 0.5) is 0 Å². The third kappa shape index (κ3) is 2.99. The molecule has 0 unspecified atom stereocenters. The van der Waals surface area contributed by atoms with Gasteiger partial charge in [0.15, 0.2) is 9.84 Å². The summed E-state index contributed by atoms with van der Waals surface area (Å²) in [5.74, 6) is -0.531. The summed E-state index contributed by atoms with van der Waals surface area (Å²) in [5, 5.41) is 4.70. The molecule has 1 N–H and O–H groups in total. The summed E-state index contributed by atoms with van der Waals surface area (Å²) in [7, 11) is -2.36. The first-order valence-corrected chi connectivity index (χ1v) is 9.82. The predicted molar refractivity (Wildman–Crippen MR) is 105 cm³/mol. The highest BCUT2D eigenvalue weighted by Gasteiger charge is 2.42. The fourth-order valence-electron chi connectivity index (χ4n) is 2.91. The van der Waals surface area contributed by atoms with Crippen LogP contribution < -0.4 is 5.32 Å². The second-order valence-electron chi connectivity index (χ2n) is 6.68. The molecule has 0 aliphatic rings. The fraction of sp³-hybridized carbons (Fsp3) is 0.190. The zero-order chi connectivity index (χ0) is 18.9. The van der Waals surface area contributed by atoms with Gasteiger partial charge in [-0.1, -0.05) is 48.5 Å². The second kappa shape index (κ2) is 6.57. The monoisotopic (exact) mass is 367 g/mol. The second-order valence-corrected chi connectivity index (χ2v) is 9.18. The van der Waals surface area contributed by atoms with Gasteiger partial charge in [-0.3, -0.25) is 4.79 Å². The summed E-state index contributed by atoms with van der Waals surface area (Å²) in [4.78, 5) is 12.1. The molecular weight excluding hydrogens is 346 g/mol. The van der Waals surface area contributed by atoms with Crippen molar-refractivity contribution >= 4 is 26.5 Å². The lowest BCUT2D eigenvalue weighted by Crippen LogP contribution is -2.46. The molecule has 0 spiro atoms. The van der Waals surface area contributed by atoms with Crippen molar-refractivity contribution in [2.75, 3.05) is 7.05 Å². The number of carbonyl (C=O) groups excluding carboxylic acids is 1. The van der Waals surface area contributed by atoms with Gasteiger partial charge in [-0.25, -0.2) is 8.42 Å². The smallest absolute Gasteiger partial charge is 0.241 e. The number of sulfone groups is 1. The minimum atomic E-state index is -3.80. The average molecular weight is 367 g/mol. The fourth-order valence-corrected chi connectivity index (χ4v) is 4.34. The molecule has 4 nitrogen and oxygen atoms in total. The Morgan fingerprint density at radius 2 is 1.42 bits per heavy atom. The van der Waals surface area contributed by atoms with Gasteiger partial charge >= 0.3 is 0 Å². The van der Waals surface area contributed by atoms with Gasteiger partial charge in [0.1, 0.15) is 4.75 Å². The van der Waals surface area contributed by atoms with E-state index in [1.165, 1.54) is 20.9 Å². The summed E-state index contributed by atoms with van der Waals surface area (Å²) >= 11 is 0. The largest absolute Gasteiger partial charge is 0.358 e. The Balaban J connectivity index is 1.98. The molecule has 3 aromatic carbocycles. The maximum absolute atomic E-state index is 12.8. The molecular formula is C21H21NO3S. The number of hydrogen-bond acceptors (Lipinski definition) is 3. The Bertz CT molecular complexity index is 1070. The number of nitrogens with one attached hydrogen (secondary N) is 1. The van der Waals surface area contributed by atoms with Gasteiger partial charge in [-0.2, -0.15) is 0 Å². The zero-order valence-electron chi connectivity index (χ0n) is 15.0. The maximum atomic E-state index is 12.8. The molecule has 0 saturated carbocycles. The highest BCUT2D eigenvalue weighted by Crippen LogP contribution is 2.29. The highest BCUT2D eigenvalue weighted by molar-refractivity contribution is 7.93. The van der Waals surface area contributed by atoms with Gasteiger partial charge in [0.25, 0.3) is 0 Å². The van der Waals surface area contributed by atoms with Crippen LogP contribution in [-0.2, 0) is 14.6 Å². The van der Waals surface area contributed by atoms with E-state index in [2.05, 4.69) is 17.4 Å². The third-order valence-corrected chi connectivity index (χ3v) is 7.11. The van der Waals surface area contributed by atoms with Gasteiger partial charge in [-0.05, 0) is 53.9 Å². The van der Waals surface area contributed by atoms with Gasteiger partial charge in [0.2, 0.25) is 5.91 Å². The molecule has 0 fully saturated rings. The van der Waals surface area contributed by atoms with E-state index < -0.39 is 20.5 Å². The Hall–Kier alpha value is -2.66. The maximum Gasteiger partial charge on any atom is 0.241 e. The molecule has 1 amide bonds. The minimum Gasteiger partial charge on any atom is -0.358 e. The number of amides is 1. The van der Waals surface area contributed by atoms with Crippen LogP contribution in [0.15, 0.2) is 71.6 Å². The van der Waals surface area contributed by atoms with Gasteiger partial charge in [0, 0.05) is 7.05 Å². The summed E-state index contributed by atoms with van der Waals surface area (Å²) < 4.78 is 24.1. The number of rotatable bonds is 4. The molecule has 0 radical (unpaired) electrons. The van der Waals surface area contributed by atoms with E-state index in [1.807, 2.05) is 30.3 Å². The van der Waals surface area contributed by atoms with Crippen molar-refractivity contribution in [1.82, 2.24) is 5.32 Å². The molecule has 0 aliphatic heterocycles. The molecule has 0 atom stereocenters. The predicted octanol–water partition coefficient (Wildman–Crippen LogP) is 3.81. The van der Waals surface area contributed by atoms with Crippen LogP contribution in [0.5, 0.6) is 0 Å². The highest BCUT2D eigenvalue weighted by atomic mass is 32.2. The summed E-state index contributed by atoms with van der Waals surface area (Å²) in [6.45, 7) is 2.83. The molecule has 0 aromatic heterocycles. The lowest BCUT2D eigenvalue weighted by atomic mass is 10.0. The Kier molecular flexibility index (Phi) is 4.59. The molecule has 26 heavy (non-hydrogen) atoms. The number of hydrogen-bond donors (Lipinski definition) is 1. The molecule has 0 heterocycles. The van der Waals surface area contributed by atoms with Gasteiger partial charge in [0.05, 0.1) is 4.90 Å². The van der Waals surface area contributed by atoms with Crippen LogP contribution in [-0.4, -0.2) is 26.1 Å². The standard InChI is InChI=1S/C21H21NO3S/c1-21(2,20(23)22-3)26(24,25)19-12-10-16(11-13-19)18-9-8-15-6-4-5-7-17(15)14-18/h4-14H,1-3H3,(H,22,23). The van der Waals surface area contributed by atoms with Crippen LogP contribution >= 0.6 is 0 Å². The van der Waals surface area contributed by atoms with E-state index in [9.17, 15) is 13.2 Å². The first-order valence-electron chi connectivity index (χ1n) is 8.33. The molecule has 0 aliphatic carbocycles. The van der Waals surface area contributed by atoms with E-state index in [0.717, 1.165) is 21.9 Å². The molecule has 5 heteroatoms. The molecule has 3 rings (SSSR count). The van der Waals surface area contributed by atoms with E-state index in [4.69, 9.17) is 0 Å². The van der Waals surface area contributed by atoms with Crippen molar-refractivity contribution in [2.45, 2.75) is 23.5 Å². The van der Waals surface area contributed by atoms with Gasteiger partial charge < -0.3 is 5.32 Å². The number of carbonyl (C=O) groups is 1. The third-order valence-electron chi connectivity index (χ3n) is 4.69. The van der Waals surface area contributed by atoms with Crippen molar-refractivity contribution in [3.63, 3.8) is 0 Å². The van der Waals surface area contributed by atoms with Crippen molar-refractivity contribution in [3.05, 3.63) is 66.7 Å². The molecule has 3 aromatic rings. The Morgan fingerprint density at radius 3 is 2.04 bits per heavy atom. The SMILES string of the molecule is CNC(=O)C(C)(C)S(=O)(=O)c1ccc(-c2ccc3ccccc3c2)cc1. The van der Waals surface area contributed by atoms with Crippen molar-refractivity contribution in [2.24, 2.45) is 0 Å². The minimum absolute atomic E-state index is 0.135. The number of benzene rings is 3. The zero-order valence-corrected chi connectivity index (χ0v) is 15.8. The van der Waals surface area contributed by atoms with Gasteiger partial charge in [-0.15, -0.1) is 0 Å². The van der Waals surface area contributed by atoms with Crippen molar-refractivity contribution in [3.8, 4) is 11.1 Å². The Labute approximate surface area is 153 Å². The molecule has 0 bridgehead atoms. The van der Waals surface area contributed by atoms with Crippen molar-refractivity contribution in [1.29, 1.82) is 0 Å². The van der Waals surface area contributed by atoms with E-state index in [-0.39, 0.29) is 4.90 Å². The van der Waals surface area contributed by atoms with Crippen LogP contribution in [0.25, 0.3) is 21.9 Å². The van der Waals surface area contributed by atoms with Crippen LogP contribution in [0.2, 0.25) is 0 Å². The molecule has 134 valence electrons. The summed E-state index contributed by atoms with van der Waals surface area (Å²) in [6.07, 6.45) is 0. The Morgan fingerprint density at radius 1 is 0.846 bits per heavy atom. The lowest BCUT2D eigenvalue weighted by molar-refractivity contribution is -0.122. The van der Waals surface area contributed by atoms with E-state index >= 15 is 0 Å². The first kappa shape index (κ1) is 18.1. The van der Waals surface area contributed by atoms with Crippen LogP contribution in [0.1, 0.15) is 13.8 Å². The lowest BCUT2D eigenvalue weighted by Gasteiger charge is -2.23. The van der Waals surface area contributed by atoms with E-state index in [0.29, 0.717) is 0 Å². The summed E-state index contributed by atoms with van der Waals surface area (Å²) in [6, 6.07) is 20.9. The average Bonchev–Trinajstić information content (AvgIpc) is 2.66. The summed E-state index contributed by atoms with van der Waals surface area (Å²) in [5.41, 5.74) is 1.94. The topological polar surface area (TPSA) is 63.2 Å². The quantitative estimate of drug-likeness (QED) is 0.763. The van der Waals surface area contributed by atoms with Crippen LogP contribution in [0.3, 0.4) is 0 Å². The first-order chi connectivity index (χ1) is 12.3. The normalized spacial score (nSPS) is 12.1.